The summed E-state index contributed by atoms with van der Waals surface area (Å²) in [5.41, 5.74) is 0.279. The molecule has 3 heterocycles. The van der Waals surface area contributed by atoms with Gasteiger partial charge in [0.1, 0.15) is 0 Å². The average Bonchev–Trinajstić information content (AvgIpc) is 2.79. The number of carbonyl (C=O) groups excluding carboxylic acids is 1. The van der Waals surface area contributed by atoms with Crippen molar-refractivity contribution in [2.24, 2.45) is 5.92 Å². The first-order valence-electron chi connectivity index (χ1n) is 7.98. The molecule has 0 unspecified atom stereocenters. The monoisotopic (exact) mass is 326 g/mol. The number of hydrogen-bond donors (Lipinski definition) is 0. The highest BCUT2D eigenvalue weighted by molar-refractivity contribution is 5.73. The van der Waals surface area contributed by atoms with Gasteiger partial charge in [0, 0.05) is 39.1 Å². The molecule has 3 aliphatic heterocycles. The van der Waals surface area contributed by atoms with Gasteiger partial charge >= 0.3 is 6.18 Å². The Balaban J connectivity index is 1.70. The molecule has 3 aliphatic rings. The van der Waals surface area contributed by atoms with E-state index >= 15 is 0 Å². The van der Waals surface area contributed by atoms with E-state index < -0.39 is 11.7 Å². The highest BCUT2D eigenvalue weighted by Gasteiger charge is 2.35. The Morgan fingerprint density at radius 2 is 1.83 bits per heavy atom. The van der Waals surface area contributed by atoms with E-state index in [2.05, 4.69) is 4.90 Å². The van der Waals surface area contributed by atoms with Crippen LogP contribution in [0.1, 0.15) is 30.9 Å². The van der Waals surface area contributed by atoms with Crippen LogP contribution in [0.15, 0.2) is 24.3 Å². The summed E-state index contributed by atoms with van der Waals surface area (Å²) in [5.74, 6) is 0.574. The Bertz CT molecular complexity index is 570. The molecule has 0 aromatic heterocycles. The summed E-state index contributed by atoms with van der Waals surface area (Å²) in [6.45, 7) is 4.69. The van der Waals surface area contributed by atoms with Gasteiger partial charge in [-0.1, -0.05) is 12.1 Å². The highest BCUT2D eigenvalue weighted by Crippen LogP contribution is 2.31. The van der Waals surface area contributed by atoms with Crippen molar-refractivity contribution in [3.8, 4) is 0 Å². The molecule has 1 aromatic carbocycles. The van der Waals surface area contributed by atoms with Gasteiger partial charge in [-0.3, -0.25) is 9.69 Å². The molecule has 3 fully saturated rings. The van der Waals surface area contributed by atoms with Gasteiger partial charge in [0.15, 0.2) is 0 Å². The predicted molar refractivity (Wildman–Crippen MR) is 80.6 cm³/mol. The number of fused-ring (bicyclic) bond motifs is 4. The number of rotatable bonds is 2. The fourth-order valence-corrected chi connectivity index (χ4v) is 3.66. The van der Waals surface area contributed by atoms with Crippen molar-refractivity contribution < 1.29 is 18.0 Å². The van der Waals surface area contributed by atoms with Crippen molar-refractivity contribution >= 4 is 5.91 Å². The third-order valence-corrected chi connectivity index (χ3v) is 4.94. The molecule has 23 heavy (non-hydrogen) atoms. The standard InChI is InChI=1S/C17H21F3N2O/c1-12(23)21-9-14-4-7-16(11-21)22(10-14)8-13-2-5-15(6-3-13)17(18,19)20/h2-3,5-6,14,16H,4,7-11H2,1H3/t14-,16+/m0/s1. The van der Waals surface area contributed by atoms with Crippen molar-refractivity contribution in [3.05, 3.63) is 35.4 Å². The minimum absolute atomic E-state index is 0.110. The van der Waals surface area contributed by atoms with E-state index in [1.165, 1.54) is 0 Å². The number of alkyl halides is 3. The normalized spacial score (nSPS) is 25.5. The van der Waals surface area contributed by atoms with E-state index in [1.54, 1.807) is 19.1 Å². The summed E-state index contributed by atoms with van der Waals surface area (Å²) in [5, 5.41) is 0. The van der Waals surface area contributed by atoms with E-state index in [0.717, 1.165) is 50.2 Å². The van der Waals surface area contributed by atoms with Gasteiger partial charge in [0.25, 0.3) is 0 Å². The quantitative estimate of drug-likeness (QED) is 0.833. The van der Waals surface area contributed by atoms with Gasteiger partial charge in [-0.2, -0.15) is 13.2 Å². The zero-order chi connectivity index (χ0) is 16.6. The third-order valence-electron chi connectivity index (χ3n) is 4.94. The summed E-state index contributed by atoms with van der Waals surface area (Å²) < 4.78 is 37.9. The lowest BCUT2D eigenvalue weighted by molar-refractivity contribution is -0.137. The first kappa shape index (κ1) is 16.3. The minimum Gasteiger partial charge on any atom is -0.341 e. The largest absolute Gasteiger partial charge is 0.416 e. The fourth-order valence-electron chi connectivity index (χ4n) is 3.66. The molecule has 0 aliphatic carbocycles. The Morgan fingerprint density at radius 1 is 1.13 bits per heavy atom. The SMILES string of the molecule is CC(=O)N1C[C@@H]2CC[C@H](C1)N(Cc1ccc(C(F)(F)F)cc1)C2. The highest BCUT2D eigenvalue weighted by atomic mass is 19.4. The molecule has 0 spiro atoms. The van der Waals surface area contributed by atoms with Gasteiger partial charge < -0.3 is 4.90 Å². The van der Waals surface area contributed by atoms with E-state index in [9.17, 15) is 18.0 Å². The third kappa shape index (κ3) is 3.68. The van der Waals surface area contributed by atoms with Crippen LogP contribution in [0.25, 0.3) is 0 Å². The molecule has 0 N–H and O–H groups in total. The zero-order valence-corrected chi connectivity index (χ0v) is 13.1. The smallest absolute Gasteiger partial charge is 0.341 e. The van der Waals surface area contributed by atoms with Crippen molar-refractivity contribution in [2.75, 3.05) is 19.6 Å². The molecule has 6 heteroatoms. The zero-order valence-electron chi connectivity index (χ0n) is 13.1. The van der Waals surface area contributed by atoms with Gasteiger partial charge in [-0.15, -0.1) is 0 Å². The van der Waals surface area contributed by atoms with E-state index in [-0.39, 0.29) is 5.91 Å². The van der Waals surface area contributed by atoms with Crippen molar-refractivity contribution in [2.45, 2.75) is 38.5 Å². The second-order valence-electron chi connectivity index (χ2n) is 6.65. The van der Waals surface area contributed by atoms with E-state index in [1.807, 2.05) is 4.90 Å². The molecule has 4 rings (SSSR count). The van der Waals surface area contributed by atoms with Crippen LogP contribution < -0.4 is 0 Å². The molecule has 1 aromatic rings. The van der Waals surface area contributed by atoms with Crippen LogP contribution in [0.2, 0.25) is 0 Å². The number of halogens is 3. The maximum absolute atomic E-state index is 12.6. The first-order chi connectivity index (χ1) is 10.8. The molecular weight excluding hydrogens is 305 g/mol. The topological polar surface area (TPSA) is 23.6 Å². The average molecular weight is 326 g/mol. The Kier molecular flexibility index (Phi) is 4.36. The lowest BCUT2D eigenvalue weighted by Crippen LogP contribution is -2.43. The van der Waals surface area contributed by atoms with Gasteiger partial charge in [0.05, 0.1) is 5.56 Å². The van der Waals surface area contributed by atoms with Gasteiger partial charge in [-0.25, -0.2) is 0 Å². The number of benzene rings is 1. The molecule has 3 nitrogen and oxygen atoms in total. The van der Waals surface area contributed by atoms with Crippen LogP contribution >= 0.6 is 0 Å². The van der Waals surface area contributed by atoms with Crippen LogP contribution in [0.5, 0.6) is 0 Å². The van der Waals surface area contributed by atoms with Crippen LogP contribution in [0.3, 0.4) is 0 Å². The van der Waals surface area contributed by atoms with E-state index in [0.29, 0.717) is 18.5 Å². The molecule has 2 atom stereocenters. The summed E-state index contributed by atoms with van der Waals surface area (Å²) in [4.78, 5) is 15.9. The fraction of sp³-hybridized carbons (Fsp3) is 0.588. The predicted octanol–water partition coefficient (Wildman–Crippen LogP) is 3.15. The summed E-state index contributed by atoms with van der Waals surface area (Å²) >= 11 is 0. The van der Waals surface area contributed by atoms with Gasteiger partial charge in [0.2, 0.25) is 5.91 Å². The molecule has 0 saturated carbocycles. The second-order valence-corrected chi connectivity index (χ2v) is 6.65. The number of amides is 1. The van der Waals surface area contributed by atoms with Gasteiger partial charge in [-0.05, 0) is 36.5 Å². The lowest BCUT2D eigenvalue weighted by atomic mass is 9.94. The Morgan fingerprint density at radius 3 is 2.43 bits per heavy atom. The second kappa shape index (κ2) is 6.15. The first-order valence-corrected chi connectivity index (χ1v) is 7.98. The molecule has 0 radical (unpaired) electrons. The summed E-state index contributed by atoms with van der Waals surface area (Å²) in [6.07, 6.45) is -2.12. The van der Waals surface area contributed by atoms with Crippen LogP contribution in [-0.4, -0.2) is 41.4 Å². The number of hydrogen-bond acceptors (Lipinski definition) is 2. The Labute approximate surface area is 134 Å². The number of carbonyl (C=O) groups is 1. The maximum atomic E-state index is 12.6. The van der Waals surface area contributed by atoms with Crippen LogP contribution in [0, 0.1) is 5.92 Å². The summed E-state index contributed by atoms with van der Waals surface area (Å²) in [6, 6.07) is 5.72. The van der Waals surface area contributed by atoms with Crippen molar-refractivity contribution in [3.63, 3.8) is 0 Å². The molecule has 2 bridgehead atoms. The maximum Gasteiger partial charge on any atom is 0.416 e. The molecule has 3 saturated heterocycles. The van der Waals surface area contributed by atoms with Crippen LogP contribution in [0.4, 0.5) is 13.2 Å². The number of nitrogens with zero attached hydrogens (tertiary/aromatic N) is 2. The molecule has 126 valence electrons. The van der Waals surface area contributed by atoms with Crippen molar-refractivity contribution in [1.29, 1.82) is 0 Å². The molecule has 1 amide bonds. The number of piperidine rings is 1. The van der Waals surface area contributed by atoms with Crippen LogP contribution in [-0.2, 0) is 17.5 Å². The van der Waals surface area contributed by atoms with Crippen molar-refractivity contribution in [1.82, 2.24) is 9.80 Å². The molecular formula is C17H21F3N2O. The van der Waals surface area contributed by atoms with E-state index in [4.69, 9.17) is 0 Å². The lowest BCUT2D eigenvalue weighted by Gasteiger charge is -2.36. The summed E-state index contributed by atoms with van der Waals surface area (Å²) in [7, 11) is 0. The Hall–Kier alpha value is -1.56. The minimum atomic E-state index is -4.29.